The third-order valence-corrected chi connectivity index (χ3v) is 4.65. The highest BCUT2D eigenvalue weighted by molar-refractivity contribution is 7.10. The third kappa shape index (κ3) is 3.51. The summed E-state index contributed by atoms with van der Waals surface area (Å²) in [5, 5.41) is 9.24. The minimum absolute atomic E-state index is 0.0737. The number of amides is 1. The second-order valence-corrected chi connectivity index (χ2v) is 6.14. The summed E-state index contributed by atoms with van der Waals surface area (Å²) in [5.74, 6) is -0.0737. The first-order valence-corrected chi connectivity index (χ1v) is 7.93. The number of aromatic nitrogens is 2. The van der Waals surface area contributed by atoms with Crippen LogP contribution in [0.5, 0.6) is 0 Å². The van der Waals surface area contributed by atoms with Gasteiger partial charge in [-0.15, -0.1) is 11.3 Å². The molecule has 0 saturated heterocycles. The van der Waals surface area contributed by atoms with Crippen LogP contribution in [0.15, 0.2) is 23.7 Å². The normalized spacial score (nSPS) is 12.6. The second-order valence-electron chi connectivity index (χ2n) is 5.19. The van der Waals surface area contributed by atoms with Crippen molar-refractivity contribution in [3.05, 3.63) is 39.8 Å². The van der Waals surface area contributed by atoms with Gasteiger partial charge in [-0.3, -0.25) is 9.48 Å². The van der Waals surface area contributed by atoms with E-state index in [-0.39, 0.29) is 11.9 Å². The lowest BCUT2D eigenvalue weighted by atomic mass is 10.1. The molecule has 0 radical (unpaired) electrons. The first-order valence-electron chi connectivity index (χ1n) is 7.05. The van der Waals surface area contributed by atoms with Gasteiger partial charge in [-0.25, -0.2) is 0 Å². The summed E-state index contributed by atoms with van der Waals surface area (Å²) in [6.07, 6.45) is 1.66. The number of hydrogen-bond acceptors (Lipinski definition) is 4. The molecular formula is C15H22N4OS. The number of hydrogen-bond donors (Lipinski definition) is 1. The van der Waals surface area contributed by atoms with Gasteiger partial charge in [-0.05, 0) is 51.0 Å². The molecule has 0 saturated carbocycles. The summed E-state index contributed by atoms with van der Waals surface area (Å²) in [6, 6.07) is 4.05. The molecule has 21 heavy (non-hydrogen) atoms. The van der Waals surface area contributed by atoms with Gasteiger partial charge in [0, 0.05) is 24.2 Å². The fourth-order valence-electron chi connectivity index (χ4n) is 2.29. The van der Waals surface area contributed by atoms with Gasteiger partial charge in [0.25, 0.3) is 5.91 Å². The van der Waals surface area contributed by atoms with Crippen molar-refractivity contribution >= 4 is 17.2 Å². The molecule has 2 aromatic rings. The van der Waals surface area contributed by atoms with Gasteiger partial charge < -0.3 is 10.2 Å². The van der Waals surface area contributed by atoms with E-state index in [0.717, 1.165) is 0 Å². The van der Waals surface area contributed by atoms with Crippen molar-refractivity contribution in [2.75, 3.05) is 20.6 Å². The van der Waals surface area contributed by atoms with Crippen molar-refractivity contribution < 1.29 is 4.79 Å². The molecule has 1 amide bonds. The van der Waals surface area contributed by atoms with Crippen LogP contribution in [0.1, 0.15) is 33.9 Å². The Bertz CT molecular complexity index is 602. The standard InChI is InChI=1S/C15H22N4OS/c1-5-19-12(6-8-17-19)15(20)16-10-13(18(3)4)14-11(2)7-9-21-14/h6-9,13H,5,10H2,1-4H3,(H,16,20). The zero-order valence-electron chi connectivity index (χ0n) is 13.0. The highest BCUT2D eigenvalue weighted by atomic mass is 32.1. The van der Waals surface area contributed by atoms with Gasteiger partial charge in [0.2, 0.25) is 0 Å². The molecule has 0 aliphatic heterocycles. The van der Waals surface area contributed by atoms with Crippen LogP contribution in [0.3, 0.4) is 0 Å². The predicted molar refractivity (Wildman–Crippen MR) is 85.7 cm³/mol. The van der Waals surface area contributed by atoms with Crippen molar-refractivity contribution in [3.8, 4) is 0 Å². The summed E-state index contributed by atoms with van der Waals surface area (Å²) in [4.78, 5) is 15.7. The highest BCUT2D eigenvalue weighted by Gasteiger charge is 2.19. The van der Waals surface area contributed by atoms with Crippen molar-refractivity contribution in [3.63, 3.8) is 0 Å². The SMILES string of the molecule is CCn1nccc1C(=O)NCC(c1sccc1C)N(C)C. The minimum Gasteiger partial charge on any atom is -0.349 e. The fraction of sp³-hybridized carbons (Fsp3) is 0.467. The van der Waals surface area contributed by atoms with Crippen LogP contribution in [0.4, 0.5) is 0 Å². The molecular weight excluding hydrogens is 284 g/mol. The number of aryl methyl sites for hydroxylation is 2. The van der Waals surface area contributed by atoms with E-state index in [0.29, 0.717) is 18.8 Å². The zero-order chi connectivity index (χ0) is 15.4. The number of likely N-dealkylation sites (N-methyl/N-ethyl adjacent to an activating group) is 1. The van der Waals surface area contributed by atoms with E-state index in [1.807, 2.05) is 21.0 Å². The van der Waals surface area contributed by atoms with E-state index < -0.39 is 0 Å². The molecule has 1 N–H and O–H groups in total. The molecule has 0 bridgehead atoms. The Labute approximate surface area is 129 Å². The molecule has 0 aliphatic rings. The molecule has 1 unspecified atom stereocenters. The molecule has 2 rings (SSSR count). The van der Waals surface area contributed by atoms with Gasteiger partial charge in [-0.2, -0.15) is 5.10 Å². The van der Waals surface area contributed by atoms with Crippen LogP contribution in [0, 0.1) is 6.92 Å². The Balaban J connectivity index is 2.06. The van der Waals surface area contributed by atoms with E-state index in [4.69, 9.17) is 0 Å². The Kier molecular flexibility index (Phi) is 5.14. The monoisotopic (exact) mass is 306 g/mol. The van der Waals surface area contributed by atoms with Gasteiger partial charge in [0.15, 0.2) is 0 Å². The van der Waals surface area contributed by atoms with Crippen LogP contribution in [-0.4, -0.2) is 41.2 Å². The number of carbonyl (C=O) groups excluding carboxylic acids is 1. The molecule has 0 aliphatic carbocycles. The van der Waals surface area contributed by atoms with Crippen LogP contribution in [-0.2, 0) is 6.54 Å². The molecule has 114 valence electrons. The number of rotatable bonds is 6. The molecule has 5 nitrogen and oxygen atoms in total. The minimum atomic E-state index is -0.0737. The lowest BCUT2D eigenvalue weighted by Crippen LogP contribution is -2.35. The maximum atomic E-state index is 12.3. The lowest BCUT2D eigenvalue weighted by Gasteiger charge is -2.24. The third-order valence-electron chi connectivity index (χ3n) is 3.53. The lowest BCUT2D eigenvalue weighted by molar-refractivity contribution is 0.0931. The van der Waals surface area contributed by atoms with Gasteiger partial charge in [0.1, 0.15) is 5.69 Å². The summed E-state index contributed by atoms with van der Waals surface area (Å²) in [5.41, 5.74) is 1.88. The summed E-state index contributed by atoms with van der Waals surface area (Å²) in [6.45, 7) is 5.36. The van der Waals surface area contributed by atoms with E-state index in [2.05, 4.69) is 33.7 Å². The highest BCUT2D eigenvalue weighted by Crippen LogP contribution is 2.26. The van der Waals surface area contributed by atoms with Gasteiger partial charge in [-0.1, -0.05) is 0 Å². The van der Waals surface area contributed by atoms with Crippen molar-refractivity contribution in [1.29, 1.82) is 0 Å². The van der Waals surface area contributed by atoms with E-state index in [1.54, 1.807) is 28.3 Å². The van der Waals surface area contributed by atoms with Crippen molar-refractivity contribution in [2.24, 2.45) is 0 Å². The average molecular weight is 306 g/mol. The Hall–Kier alpha value is -1.66. The maximum Gasteiger partial charge on any atom is 0.269 e. The zero-order valence-corrected chi connectivity index (χ0v) is 13.8. The second kappa shape index (κ2) is 6.87. The van der Waals surface area contributed by atoms with E-state index >= 15 is 0 Å². The molecule has 2 heterocycles. The fourth-order valence-corrected chi connectivity index (χ4v) is 3.42. The van der Waals surface area contributed by atoms with E-state index in [1.165, 1.54) is 10.4 Å². The van der Waals surface area contributed by atoms with Crippen LogP contribution in [0.25, 0.3) is 0 Å². The maximum absolute atomic E-state index is 12.3. The van der Waals surface area contributed by atoms with Crippen molar-refractivity contribution in [2.45, 2.75) is 26.4 Å². The smallest absolute Gasteiger partial charge is 0.269 e. The first-order chi connectivity index (χ1) is 10.0. The number of nitrogens with one attached hydrogen (secondary N) is 1. The van der Waals surface area contributed by atoms with Gasteiger partial charge >= 0.3 is 0 Å². The number of carbonyl (C=O) groups is 1. The van der Waals surface area contributed by atoms with Crippen LogP contribution >= 0.6 is 11.3 Å². The molecule has 0 fully saturated rings. The predicted octanol–water partition coefficient (Wildman–Crippen LogP) is 2.31. The van der Waals surface area contributed by atoms with Gasteiger partial charge in [0.05, 0.1) is 6.04 Å². The largest absolute Gasteiger partial charge is 0.349 e. The summed E-state index contributed by atoms with van der Waals surface area (Å²) in [7, 11) is 4.07. The van der Waals surface area contributed by atoms with E-state index in [9.17, 15) is 4.79 Å². The summed E-state index contributed by atoms with van der Waals surface area (Å²) >= 11 is 1.73. The quantitative estimate of drug-likeness (QED) is 0.891. The van der Waals surface area contributed by atoms with Crippen molar-refractivity contribution in [1.82, 2.24) is 20.0 Å². The Morgan fingerprint density at radius 2 is 2.24 bits per heavy atom. The molecule has 6 heteroatoms. The molecule has 1 atom stereocenters. The Morgan fingerprint density at radius 1 is 1.48 bits per heavy atom. The molecule has 0 aromatic carbocycles. The average Bonchev–Trinajstić information content (AvgIpc) is 3.07. The summed E-state index contributed by atoms with van der Waals surface area (Å²) < 4.78 is 1.70. The number of nitrogens with zero attached hydrogens (tertiary/aromatic N) is 3. The van der Waals surface area contributed by atoms with Crippen LogP contribution < -0.4 is 5.32 Å². The molecule has 0 spiro atoms. The topological polar surface area (TPSA) is 50.2 Å². The Morgan fingerprint density at radius 3 is 2.81 bits per heavy atom. The number of thiophene rings is 1. The first kappa shape index (κ1) is 15.7. The molecule has 2 aromatic heterocycles. The van der Waals surface area contributed by atoms with Crippen LogP contribution in [0.2, 0.25) is 0 Å².